The van der Waals surface area contributed by atoms with Crippen molar-refractivity contribution >= 4 is 9.84 Å². The topological polar surface area (TPSA) is 50.8 Å². The average molecular weight is 136 g/mol. The minimum atomic E-state index is -2.64. The Bertz CT molecular complexity index is 149. The van der Waals surface area contributed by atoms with Gasteiger partial charge in [-0.2, -0.15) is 0 Å². The molecule has 2 N–H and O–H groups in total. The second kappa shape index (κ2) is 2.03. The van der Waals surface area contributed by atoms with Gasteiger partial charge in [-0.15, -0.1) is 0 Å². The van der Waals surface area contributed by atoms with E-state index in [1.54, 1.807) is 0 Å². The van der Waals surface area contributed by atoms with Crippen LogP contribution in [0.4, 0.5) is 0 Å². The third-order valence-corrected chi connectivity index (χ3v) is 2.89. The molecule has 0 aromatic carbocycles. The molecule has 48 valence electrons. The summed E-state index contributed by atoms with van der Waals surface area (Å²) in [4.78, 5) is 0. The fourth-order valence-corrected chi connectivity index (χ4v) is 2.09. The summed E-state index contributed by atoms with van der Waals surface area (Å²) >= 11 is 0. The Balaban J connectivity index is 2.58. The lowest BCUT2D eigenvalue weighted by Gasteiger charge is -2.07. The SMILES string of the molecule is O=S1(=O)CCC[NH2+]C1. The normalized spacial score (nSPS) is 27.5. The zero-order valence-electron chi connectivity index (χ0n) is 4.63. The molecule has 0 spiro atoms. The smallest absolute Gasteiger partial charge is 0.200 e. The summed E-state index contributed by atoms with van der Waals surface area (Å²) in [6.07, 6.45) is 0.822. The summed E-state index contributed by atoms with van der Waals surface area (Å²) in [7, 11) is -2.64. The lowest BCUT2D eigenvalue weighted by Crippen LogP contribution is -2.87. The number of nitrogens with two attached hydrogens (primary N) is 1. The van der Waals surface area contributed by atoms with Crippen LogP contribution < -0.4 is 5.32 Å². The van der Waals surface area contributed by atoms with Crippen LogP contribution in [0, 0.1) is 0 Å². The van der Waals surface area contributed by atoms with Crippen molar-refractivity contribution in [1.29, 1.82) is 0 Å². The monoisotopic (exact) mass is 136 g/mol. The van der Waals surface area contributed by atoms with Crippen LogP contribution in [-0.2, 0) is 9.84 Å². The molecule has 0 aliphatic carbocycles. The van der Waals surface area contributed by atoms with Crippen LogP contribution in [0.2, 0.25) is 0 Å². The lowest BCUT2D eigenvalue weighted by atomic mass is 10.5. The van der Waals surface area contributed by atoms with Gasteiger partial charge in [-0.1, -0.05) is 0 Å². The van der Waals surface area contributed by atoms with Crippen molar-refractivity contribution < 1.29 is 13.7 Å². The van der Waals surface area contributed by atoms with Gasteiger partial charge in [0.15, 0.2) is 5.88 Å². The van der Waals surface area contributed by atoms with E-state index in [1.807, 2.05) is 5.32 Å². The van der Waals surface area contributed by atoms with Crippen molar-refractivity contribution in [3.05, 3.63) is 0 Å². The summed E-state index contributed by atoms with van der Waals surface area (Å²) in [5.74, 6) is 0.691. The number of rotatable bonds is 0. The van der Waals surface area contributed by atoms with E-state index in [0.717, 1.165) is 13.0 Å². The molecule has 0 atom stereocenters. The van der Waals surface area contributed by atoms with E-state index >= 15 is 0 Å². The van der Waals surface area contributed by atoms with Crippen LogP contribution >= 0.6 is 0 Å². The first-order valence-electron chi connectivity index (χ1n) is 2.73. The molecule has 1 fully saturated rings. The van der Waals surface area contributed by atoms with Gasteiger partial charge >= 0.3 is 0 Å². The van der Waals surface area contributed by atoms with Gasteiger partial charge in [0.05, 0.1) is 12.3 Å². The highest BCUT2D eigenvalue weighted by Gasteiger charge is 2.16. The molecule has 0 aromatic rings. The molecule has 0 saturated carbocycles. The van der Waals surface area contributed by atoms with Gasteiger partial charge in [0.25, 0.3) is 0 Å². The van der Waals surface area contributed by atoms with E-state index in [2.05, 4.69) is 0 Å². The Morgan fingerprint density at radius 1 is 1.38 bits per heavy atom. The summed E-state index contributed by atoms with van der Waals surface area (Å²) < 4.78 is 21.2. The molecule has 0 bridgehead atoms. The fourth-order valence-electron chi connectivity index (χ4n) is 0.794. The minimum absolute atomic E-state index is 0.299. The van der Waals surface area contributed by atoms with Crippen LogP contribution in [0.5, 0.6) is 0 Å². The Hall–Kier alpha value is -0.0900. The number of hydrogen-bond donors (Lipinski definition) is 1. The van der Waals surface area contributed by atoms with Gasteiger partial charge in [0.2, 0.25) is 9.84 Å². The van der Waals surface area contributed by atoms with Crippen molar-refractivity contribution in [2.45, 2.75) is 6.42 Å². The zero-order chi connectivity index (χ0) is 6.04. The van der Waals surface area contributed by atoms with Crippen molar-refractivity contribution in [2.75, 3.05) is 18.2 Å². The van der Waals surface area contributed by atoms with E-state index in [4.69, 9.17) is 0 Å². The first kappa shape index (κ1) is 6.04. The predicted molar refractivity (Wildman–Crippen MR) is 30.1 cm³/mol. The number of sulfone groups is 1. The van der Waals surface area contributed by atoms with Gasteiger partial charge in [-0.25, -0.2) is 8.42 Å². The highest BCUT2D eigenvalue weighted by atomic mass is 32.2. The van der Waals surface area contributed by atoms with Crippen molar-refractivity contribution in [2.24, 2.45) is 0 Å². The van der Waals surface area contributed by atoms with E-state index in [9.17, 15) is 8.42 Å². The van der Waals surface area contributed by atoms with E-state index in [-0.39, 0.29) is 0 Å². The van der Waals surface area contributed by atoms with Crippen molar-refractivity contribution in [3.8, 4) is 0 Å². The van der Waals surface area contributed by atoms with Gasteiger partial charge in [0.1, 0.15) is 0 Å². The third kappa shape index (κ3) is 1.45. The quantitative estimate of drug-likeness (QED) is 0.432. The maximum absolute atomic E-state index is 10.6. The molecule has 1 saturated heterocycles. The first-order chi connectivity index (χ1) is 3.71. The number of quaternary nitrogens is 1. The first-order valence-corrected chi connectivity index (χ1v) is 4.55. The molecule has 1 aliphatic heterocycles. The highest BCUT2D eigenvalue weighted by Crippen LogP contribution is 1.90. The molecule has 1 heterocycles. The van der Waals surface area contributed by atoms with Gasteiger partial charge < -0.3 is 5.32 Å². The Morgan fingerprint density at radius 3 is 2.38 bits per heavy atom. The predicted octanol–water partition coefficient (Wildman–Crippen LogP) is -1.67. The summed E-state index contributed by atoms with van der Waals surface area (Å²) in [6, 6.07) is 0. The molecule has 1 rings (SSSR count). The van der Waals surface area contributed by atoms with Crippen LogP contribution in [0.1, 0.15) is 6.42 Å². The van der Waals surface area contributed by atoms with E-state index < -0.39 is 9.84 Å². The fraction of sp³-hybridized carbons (Fsp3) is 1.00. The molecule has 0 aromatic heterocycles. The second-order valence-electron chi connectivity index (χ2n) is 2.05. The average Bonchev–Trinajstić information content (AvgIpc) is 1.65. The summed E-state index contributed by atoms with van der Waals surface area (Å²) in [6.45, 7) is 0.971. The maximum atomic E-state index is 10.6. The zero-order valence-corrected chi connectivity index (χ0v) is 5.45. The third-order valence-electron chi connectivity index (χ3n) is 1.24. The van der Waals surface area contributed by atoms with Gasteiger partial charge in [-0.3, -0.25) is 0 Å². The van der Waals surface area contributed by atoms with Gasteiger partial charge in [0, 0.05) is 6.42 Å². The van der Waals surface area contributed by atoms with Crippen LogP contribution in [0.25, 0.3) is 0 Å². The molecular formula is C4H10NO2S+. The lowest BCUT2D eigenvalue weighted by molar-refractivity contribution is -0.639. The highest BCUT2D eigenvalue weighted by molar-refractivity contribution is 7.91. The minimum Gasteiger partial charge on any atom is -0.334 e. The Morgan fingerprint density at radius 2 is 2.12 bits per heavy atom. The molecule has 1 aliphatic rings. The second-order valence-corrected chi connectivity index (χ2v) is 4.27. The maximum Gasteiger partial charge on any atom is 0.200 e. The molecule has 0 radical (unpaired) electrons. The van der Waals surface area contributed by atoms with Crippen LogP contribution in [0.15, 0.2) is 0 Å². The van der Waals surface area contributed by atoms with Crippen LogP contribution in [0.3, 0.4) is 0 Å². The summed E-state index contributed by atoms with van der Waals surface area (Å²) in [5, 5.41) is 1.83. The Labute approximate surface area is 49.0 Å². The summed E-state index contributed by atoms with van der Waals surface area (Å²) in [5.41, 5.74) is 0. The molecular weight excluding hydrogens is 126 g/mol. The Kier molecular flexibility index (Phi) is 1.53. The standard InChI is InChI=1S/C4H9NO2S/c6-8(7)3-1-2-5-4-8/h5H,1-4H2/p+1. The largest absolute Gasteiger partial charge is 0.334 e. The molecule has 0 unspecified atom stereocenters. The van der Waals surface area contributed by atoms with Crippen molar-refractivity contribution in [3.63, 3.8) is 0 Å². The van der Waals surface area contributed by atoms with Gasteiger partial charge in [-0.05, 0) is 0 Å². The van der Waals surface area contributed by atoms with E-state index in [1.165, 1.54) is 0 Å². The van der Waals surface area contributed by atoms with Crippen LogP contribution in [-0.4, -0.2) is 26.6 Å². The number of hydrogen-bond acceptors (Lipinski definition) is 2. The van der Waals surface area contributed by atoms with Crippen molar-refractivity contribution in [1.82, 2.24) is 0 Å². The molecule has 3 nitrogen and oxygen atoms in total. The van der Waals surface area contributed by atoms with E-state index in [0.29, 0.717) is 11.6 Å². The molecule has 0 amide bonds. The molecule has 8 heavy (non-hydrogen) atoms. The molecule has 4 heteroatoms.